The molecular formula is C20H14N2O5S2. The molecule has 0 radical (unpaired) electrons. The lowest BCUT2D eigenvalue weighted by atomic mass is 10.2. The molecule has 0 aliphatic carbocycles. The van der Waals surface area contributed by atoms with E-state index in [0.717, 1.165) is 21.5 Å². The first-order valence-electron chi connectivity index (χ1n) is 8.63. The Bertz CT molecular complexity index is 1200. The Morgan fingerprint density at radius 2 is 1.97 bits per heavy atom. The quantitative estimate of drug-likeness (QED) is 0.497. The monoisotopic (exact) mass is 426 g/mol. The van der Waals surface area contributed by atoms with Crippen molar-refractivity contribution in [2.45, 2.75) is 0 Å². The fourth-order valence-corrected chi connectivity index (χ4v) is 4.38. The van der Waals surface area contributed by atoms with Gasteiger partial charge in [0, 0.05) is 23.4 Å². The van der Waals surface area contributed by atoms with Crippen molar-refractivity contribution in [3.05, 3.63) is 73.6 Å². The minimum absolute atomic E-state index is 0.0110. The Balaban J connectivity index is 1.40. The average molecular weight is 426 g/mol. The lowest BCUT2D eigenvalue weighted by Crippen LogP contribution is -2.38. The van der Waals surface area contributed by atoms with Gasteiger partial charge in [-0.2, -0.15) is 0 Å². The van der Waals surface area contributed by atoms with Crippen molar-refractivity contribution in [3.63, 3.8) is 0 Å². The minimum atomic E-state index is -0.744. The van der Waals surface area contributed by atoms with Crippen LogP contribution >= 0.6 is 23.1 Å². The minimum Gasteiger partial charge on any atom is -0.422 e. The van der Waals surface area contributed by atoms with Gasteiger partial charge in [0.25, 0.3) is 17.1 Å². The summed E-state index contributed by atoms with van der Waals surface area (Å²) < 4.78 is 5.15. The number of nitrogens with one attached hydrogen (secondary N) is 1. The Labute approximate surface area is 173 Å². The summed E-state index contributed by atoms with van der Waals surface area (Å²) >= 11 is 2.34. The van der Waals surface area contributed by atoms with Crippen LogP contribution in [0, 0.1) is 0 Å². The lowest BCUT2D eigenvalue weighted by molar-refractivity contribution is -0.122. The van der Waals surface area contributed by atoms with Crippen molar-refractivity contribution in [2.75, 3.05) is 13.1 Å². The zero-order valence-corrected chi connectivity index (χ0v) is 16.5. The molecule has 2 aromatic heterocycles. The number of fused-ring (bicyclic) bond motifs is 1. The number of imide groups is 1. The van der Waals surface area contributed by atoms with Gasteiger partial charge in [-0.05, 0) is 41.4 Å². The van der Waals surface area contributed by atoms with Crippen LogP contribution < -0.4 is 10.9 Å². The summed E-state index contributed by atoms with van der Waals surface area (Å²) in [6, 6.07) is 12.0. The van der Waals surface area contributed by atoms with E-state index < -0.39 is 22.7 Å². The molecule has 0 bridgehead atoms. The molecular weight excluding hydrogens is 412 g/mol. The van der Waals surface area contributed by atoms with Crippen molar-refractivity contribution < 1.29 is 18.8 Å². The molecule has 1 N–H and O–H groups in total. The van der Waals surface area contributed by atoms with E-state index in [0.29, 0.717) is 15.9 Å². The van der Waals surface area contributed by atoms with Gasteiger partial charge >= 0.3 is 5.63 Å². The van der Waals surface area contributed by atoms with Crippen LogP contribution in [0.5, 0.6) is 0 Å². The van der Waals surface area contributed by atoms with E-state index in [1.54, 1.807) is 30.3 Å². The van der Waals surface area contributed by atoms with E-state index in [1.807, 2.05) is 17.5 Å². The molecule has 1 aliphatic rings. The molecule has 1 aliphatic heterocycles. The van der Waals surface area contributed by atoms with Crippen LogP contribution in [-0.4, -0.2) is 35.0 Å². The molecule has 3 aromatic rings. The number of rotatable bonds is 5. The second-order valence-corrected chi connectivity index (χ2v) is 8.06. The average Bonchev–Trinajstić information content (AvgIpc) is 3.31. The Morgan fingerprint density at radius 3 is 2.76 bits per heavy atom. The lowest BCUT2D eigenvalue weighted by Gasteiger charge is -2.12. The molecule has 0 spiro atoms. The number of carbonyl (C=O) groups is 3. The smallest absolute Gasteiger partial charge is 0.349 e. The van der Waals surface area contributed by atoms with E-state index in [2.05, 4.69) is 5.32 Å². The molecule has 0 saturated carbocycles. The van der Waals surface area contributed by atoms with Crippen LogP contribution in [-0.2, 0) is 4.79 Å². The fraction of sp³-hybridized carbons (Fsp3) is 0.100. The summed E-state index contributed by atoms with van der Waals surface area (Å²) in [6.45, 7) is 0.0342. The van der Waals surface area contributed by atoms with Gasteiger partial charge in [0.2, 0.25) is 0 Å². The second kappa shape index (κ2) is 8.06. The molecule has 1 fully saturated rings. The number of amides is 3. The molecule has 29 heavy (non-hydrogen) atoms. The second-order valence-electron chi connectivity index (χ2n) is 6.09. The number of para-hydroxylation sites is 1. The number of thioether (sulfide) groups is 1. The first kappa shape index (κ1) is 19.2. The van der Waals surface area contributed by atoms with E-state index in [9.17, 15) is 19.2 Å². The molecule has 7 nitrogen and oxygen atoms in total. The third kappa shape index (κ3) is 4.01. The van der Waals surface area contributed by atoms with Crippen LogP contribution in [0.15, 0.2) is 62.0 Å². The molecule has 0 atom stereocenters. The van der Waals surface area contributed by atoms with Gasteiger partial charge in [-0.3, -0.25) is 19.3 Å². The van der Waals surface area contributed by atoms with E-state index in [4.69, 9.17) is 4.42 Å². The summed E-state index contributed by atoms with van der Waals surface area (Å²) in [5, 5.41) is 4.68. The van der Waals surface area contributed by atoms with Crippen molar-refractivity contribution in [2.24, 2.45) is 0 Å². The largest absolute Gasteiger partial charge is 0.422 e. The highest BCUT2D eigenvalue weighted by Gasteiger charge is 2.34. The predicted octanol–water partition coefficient (Wildman–Crippen LogP) is 3.32. The molecule has 3 amide bonds. The van der Waals surface area contributed by atoms with Crippen molar-refractivity contribution in [1.29, 1.82) is 0 Å². The Kier molecular flexibility index (Phi) is 5.32. The van der Waals surface area contributed by atoms with Crippen molar-refractivity contribution in [3.8, 4) is 0 Å². The molecule has 1 aromatic carbocycles. The summed E-state index contributed by atoms with van der Waals surface area (Å²) in [5.41, 5.74) is -0.480. The van der Waals surface area contributed by atoms with Gasteiger partial charge in [-0.1, -0.05) is 24.3 Å². The molecule has 0 unspecified atom stereocenters. The summed E-state index contributed by atoms with van der Waals surface area (Å²) in [4.78, 5) is 51.2. The molecule has 3 heterocycles. The van der Waals surface area contributed by atoms with Gasteiger partial charge < -0.3 is 9.73 Å². The maximum atomic E-state index is 12.4. The van der Waals surface area contributed by atoms with Crippen LogP contribution in [0.25, 0.3) is 17.0 Å². The summed E-state index contributed by atoms with van der Waals surface area (Å²) in [6.07, 6.45) is 1.68. The predicted molar refractivity (Wildman–Crippen MR) is 112 cm³/mol. The summed E-state index contributed by atoms with van der Waals surface area (Å²) in [5.74, 6) is -1.02. The van der Waals surface area contributed by atoms with Crippen LogP contribution in [0.1, 0.15) is 15.2 Å². The number of thiophene rings is 1. The zero-order chi connectivity index (χ0) is 20.4. The van der Waals surface area contributed by atoms with Gasteiger partial charge in [0.05, 0.1) is 4.91 Å². The standard InChI is InChI=1S/C20H14N2O5S2/c23-17(14-10-12-4-1-2-6-15(12)27-19(14)25)21-7-8-22-18(24)16(29-20(22)26)11-13-5-3-9-28-13/h1-6,9-11H,7-8H2,(H,21,23). The van der Waals surface area contributed by atoms with Crippen molar-refractivity contribution in [1.82, 2.24) is 10.2 Å². The van der Waals surface area contributed by atoms with Gasteiger partial charge in [-0.15, -0.1) is 11.3 Å². The van der Waals surface area contributed by atoms with E-state index in [-0.39, 0.29) is 18.7 Å². The van der Waals surface area contributed by atoms with E-state index in [1.165, 1.54) is 17.4 Å². The molecule has 9 heteroatoms. The van der Waals surface area contributed by atoms with Crippen LogP contribution in [0.3, 0.4) is 0 Å². The first-order chi connectivity index (χ1) is 14.0. The summed E-state index contributed by atoms with van der Waals surface area (Å²) in [7, 11) is 0. The van der Waals surface area contributed by atoms with Gasteiger partial charge in [0.1, 0.15) is 11.1 Å². The van der Waals surface area contributed by atoms with Crippen LogP contribution in [0.4, 0.5) is 4.79 Å². The topological polar surface area (TPSA) is 96.7 Å². The number of hydrogen-bond donors (Lipinski definition) is 1. The number of benzene rings is 1. The number of carbonyl (C=O) groups excluding carboxylic acids is 3. The highest BCUT2D eigenvalue weighted by Crippen LogP contribution is 2.32. The maximum Gasteiger partial charge on any atom is 0.349 e. The van der Waals surface area contributed by atoms with E-state index >= 15 is 0 Å². The molecule has 146 valence electrons. The highest BCUT2D eigenvalue weighted by molar-refractivity contribution is 8.18. The SMILES string of the molecule is O=C(NCCN1C(=O)SC(=Cc2cccs2)C1=O)c1cc2ccccc2oc1=O. The van der Waals surface area contributed by atoms with Crippen molar-refractivity contribution >= 4 is 57.2 Å². The molecule has 1 saturated heterocycles. The first-order valence-corrected chi connectivity index (χ1v) is 10.3. The zero-order valence-electron chi connectivity index (χ0n) is 14.9. The van der Waals surface area contributed by atoms with Crippen LogP contribution in [0.2, 0.25) is 0 Å². The van der Waals surface area contributed by atoms with Gasteiger partial charge in [-0.25, -0.2) is 4.79 Å². The fourth-order valence-electron chi connectivity index (χ4n) is 2.79. The highest BCUT2D eigenvalue weighted by atomic mass is 32.2. The normalized spacial score (nSPS) is 15.4. The number of hydrogen-bond acceptors (Lipinski definition) is 7. The number of nitrogens with zero attached hydrogens (tertiary/aromatic N) is 1. The Hall–Kier alpha value is -3.17. The Morgan fingerprint density at radius 1 is 1.14 bits per heavy atom. The third-order valence-electron chi connectivity index (χ3n) is 4.20. The maximum absolute atomic E-state index is 12.4. The van der Waals surface area contributed by atoms with Gasteiger partial charge in [0.15, 0.2) is 0 Å². The third-order valence-corrected chi connectivity index (χ3v) is 5.92. The molecule has 4 rings (SSSR count).